The van der Waals surface area contributed by atoms with Gasteiger partial charge in [0.2, 0.25) is 0 Å². The SMILES string of the molecule is CCCCCCCCCCCCc1cc(C)ccc1OP(=O)(O)Oc1ccc(C)cc1CCCCCCCCCCCC. The van der Waals surface area contributed by atoms with E-state index in [9.17, 15) is 9.46 Å². The van der Waals surface area contributed by atoms with Gasteiger partial charge in [-0.05, 0) is 62.8 Å². The van der Waals surface area contributed by atoms with Crippen LogP contribution in [-0.4, -0.2) is 4.89 Å². The van der Waals surface area contributed by atoms with Crippen molar-refractivity contribution < 1.29 is 18.5 Å². The van der Waals surface area contributed by atoms with E-state index in [0.29, 0.717) is 11.5 Å². The molecule has 0 radical (unpaired) electrons. The second-order valence-corrected chi connectivity index (χ2v) is 14.0. The van der Waals surface area contributed by atoms with E-state index in [1.54, 1.807) is 0 Å². The number of phosphoric ester groups is 1. The normalized spacial score (nSPS) is 11.7. The molecule has 1 N–H and O–H groups in total. The topological polar surface area (TPSA) is 55.8 Å². The zero-order chi connectivity index (χ0) is 31.2. The molecule has 0 atom stereocenters. The minimum absolute atomic E-state index is 0.454. The standard InChI is InChI=1S/C38H63O4P/c1-5-7-9-11-13-15-17-19-21-23-25-35-31-33(3)27-29-37(35)41-43(39,40)42-38-30-28-34(4)32-36(38)26-24-22-20-18-16-14-12-10-8-6-2/h27-32H,5-26H2,1-4H3,(H,39,40). The van der Waals surface area contributed by atoms with Crippen molar-refractivity contribution >= 4 is 7.82 Å². The molecule has 0 aliphatic carbocycles. The van der Waals surface area contributed by atoms with Crippen LogP contribution in [0.25, 0.3) is 0 Å². The Morgan fingerprint density at radius 2 is 0.814 bits per heavy atom. The molecule has 2 aromatic rings. The molecule has 0 bridgehead atoms. The van der Waals surface area contributed by atoms with Crippen molar-refractivity contribution in [3.05, 3.63) is 58.7 Å². The molecule has 0 aliphatic rings. The first-order chi connectivity index (χ1) is 20.8. The molecule has 0 saturated heterocycles. The van der Waals surface area contributed by atoms with Gasteiger partial charge in [-0.25, -0.2) is 4.57 Å². The molecule has 0 heterocycles. The molecular formula is C38H63O4P. The fourth-order valence-electron chi connectivity index (χ4n) is 5.86. The minimum atomic E-state index is -4.35. The van der Waals surface area contributed by atoms with Crippen molar-refractivity contribution in [2.24, 2.45) is 0 Å². The summed E-state index contributed by atoms with van der Waals surface area (Å²) in [5.74, 6) is 0.909. The summed E-state index contributed by atoms with van der Waals surface area (Å²) in [7, 11) is -4.35. The lowest BCUT2D eigenvalue weighted by Gasteiger charge is -2.19. The molecular weight excluding hydrogens is 551 g/mol. The maximum atomic E-state index is 13.2. The second kappa shape index (κ2) is 22.7. The Morgan fingerprint density at radius 3 is 1.14 bits per heavy atom. The van der Waals surface area contributed by atoms with Crippen molar-refractivity contribution in [3.8, 4) is 11.5 Å². The average molecular weight is 615 g/mol. The van der Waals surface area contributed by atoms with Crippen molar-refractivity contribution in [1.29, 1.82) is 0 Å². The molecule has 0 unspecified atom stereocenters. The number of rotatable bonds is 26. The summed E-state index contributed by atoms with van der Waals surface area (Å²) in [5.41, 5.74) is 4.21. The van der Waals surface area contributed by atoms with Gasteiger partial charge in [-0.15, -0.1) is 0 Å². The molecule has 0 fully saturated rings. The Bertz CT molecular complexity index is 971. The lowest BCUT2D eigenvalue weighted by Crippen LogP contribution is -2.04. The van der Waals surface area contributed by atoms with Crippen LogP contribution in [0.5, 0.6) is 11.5 Å². The third-order valence-electron chi connectivity index (χ3n) is 8.46. The van der Waals surface area contributed by atoms with Crippen LogP contribution in [0, 0.1) is 13.8 Å². The van der Waals surface area contributed by atoms with Crippen LogP contribution in [0.2, 0.25) is 0 Å². The van der Waals surface area contributed by atoms with Gasteiger partial charge < -0.3 is 9.05 Å². The first kappa shape index (κ1) is 37.4. The Labute approximate surface area is 265 Å². The van der Waals surface area contributed by atoms with E-state index in [0.717, 1.165) is 47.9 Å². The highest BCUT2D eigenvalue weighted by Crippen LogP contribution is 2.46. The molecule has 0 amide bonds. The number of phosphoric acid groups is 1. The van der Waals surface area contributed by atoms with Gasteiger partial charge in [0.15, 0.2) is 0 Å². The second-order valence-electron chi connectivity index (χ2n) is 12.7. The zero-order valence-corrected chi connectivity index (χ0v) is 29.0. The third-order valence-corrected chi connectivity index (χ3v) is 9.31. The van der Waals surface area contributed by atoms with Crippen LogP contribution in [0.15, 0.2) is 36.4 Å². The summed E-state index contributed by atoms with van der Waals surface area (Å²) in [6, 6.07) is 11.6. The highest BCUT2D eigenvalue weighted by molar-refractivity contribution is 7.48. The molecule has 0 aliphatic heterocycles. The molecule has 2 rings (SSSR count). The minimum Gasteiger partial charge on any atom is -0.395 e. The molecule has 0 spiro atoms. The highest BCUT2D eigenvalue weighted by atomic mass is 31.2. The van der Waals surface area contributed by atoms with Crippen LogP contribution >= 0.6 is 7.82 Å². The number of unbranched alkanes of at least 4 members (excludes halogenated alkanes) is 18. The van der Waals surface area contributed by atoms with Gasteiger partial charge in [0.1, 0.15) is 11.5 Å². The number of benzene rings is 2. The molecule has 2 aromatic carbocycles. The molecule has 4 nitrogen and oxygen atoms in total. The van der Waals surface area contributed by atoms with E-state index in [1.807, 2.05) is 38.1 Å². The van der Waals surface area contributed by atoms with Crippen LogP contribution in [-0.2, 0) is 17.4 Å². The predicted octanol–water partition coefficient (Wildman–Crippen LogP) is 12.8. The monoisotopic (exact) mass is 614 g/mol. The molecule has 0 saturated carbocycles. The predicted molar refractivity (Wildman–Crippen MR) is 185 cm³/mol. The Morgan fingerprint density at radius 1 is 0.512 bits per heavy atom. The lowest BCUT2D eigenvalue weighted by atomic mass is 10.0. The summed E-state index contributed by atoms with van der Waals surface area (Å²) in [6.07, 6.45) is 27.3. The smallest absolute Gasteiger partial charge is 0.395 e. The van der Waals surface area contributed by atoms with E-state index in [4.69, 9.17) is 9.05 Å². The van der Waals surface area contributed by atoms with Gasteiger partial charge in [0.25, 0.3) is 0 Å². The van der Waals surface area contributed by atoms with Crippen LogP contribution in [0.3, 0.4) is 0 Å². The van der Waals surface area contributed by atoms with E-state index >= 15 is 0 Å². The van der Waals surface area contributed by atoms with Crippen molar-refractivity contribution in [2.45, 2.75) is 169 Å². The zero-order valence-electron chi connectivity index (χ0n) is 28.1. The molecule has 0 aromatic heterocycles. The van der Waals surface area contributed by atoms with Gasteiger partial charge in [0.05, 0.1) is 0 Å². The van der Waals surface area contributed by atoms with E-state index in [-0.39, 0.29) is 0 Å². The summed E-state index contributed by atoms with van der Waals surface area (Å²) < 4.78 is 24.6. The maximum Gasteiger partial charge on any atom is 0.584 e. The van der Waals surface area contributed by atoms with Crippen LogP contribution < -0.4 is 9.05 Å². The van der Waals surface area contributed by atoms with Gasteiger partial charge in [-0.3, -0.25) is 4.89 Å². The van der Waals surface area contributed by atoms with Crippen molar-refractivity contribution in [1.82, 2.24) is 0 Å². The Balaban J connectivity index is 1.83. The van der Waals surface area contributed by atoms with E-state index in [2.05, 4.69) is 26.0 Å². The summed E-state index contributed by atoms with van der Waals surface area (Å²) in [4.78, 5) is 10.8. The summed E-state index contributed by atoms with van der Waals surface area (Å²) >= 11 is 0. The highest BCUT2D eigenvalue weighted by Gasteiger charge is 2.27. The van der Waals surface area contributed by atoms with Gasteiger partial charge >= 0.3 is 7.82 Å². The molecule has 244 valence electrons. The van der Waals surface area contributed by atoms with Crippen molar-refractivity contribution in [3.63, 3.8) is 0 Å². The number of aryl methyl sites for hydroxylation is 4. The quantitative estimate of drug-likeness (QED) is 0.0846. The van der Waals surface area contributed by atoms with Gasteiger partial charge in [0, 0.05) is 0 Å². The van der Waals surface area contributed by atoms with Crippen LogP contribution in [0.1, 0.15) is 165 Å². The Kier molecular flexibility index (Phi) is 19.7. The summed E-state index contributed by atoms with van der Waals surface area (Å²) in [6.45, 7) is 8.62. The van der Waals surface area contributed by atoms with Crippen LogP contribution in [0.4, 0.5) is 0 Å². The largest absolute Gasteiger partial charge is 0.584 e. The van der Waals surface area contributed by atoms with Gasteiger partial charge in [-0.1, -0.05) is 165 Å². The van der Waals surface area contributed by atoms with E-state index < -0.39 is 7.82 Å². The average Bonchev–Trinajstić information content (AvgIpc) is 2.97. The third kappa shape index (κ3) is 17.3. The Hall–Kier alpha value is -1.77. The number of hydrogen-bond donors (Lipinski definition) is 1. The number of hydrogen-bond acceptors (Lipinski definition) is 3. The first-order valence-electron chi connectivity index (χ1n) is 17.8. The molecule has 5 heteroatoms. The maximum absolute atomic E-state index is 13.2. The fraction of sp³-hybridized carbons (Fsp3) is 0.684. The summed E-state index contributed by atoms with van der Waals surface area (Å²) in [5, 5.41) is 0. The van der Waals surface area contributed by atoms with Crippen molar-refractivity contribution in [2.75, 3.05) is 0 Å². The first-order valence-corrected chi connectivity index (χ1v) is 19.2. The van der Waals surface area contributed by atoms with Gasteiger partial charge in [-0.2, -0.15) is 0 Å². The molecule has 43 heavy (non-hydrogen) atoms. The lowest BCUT2D eigenvalue weighted by molar-refractivity contribution is 0.288. The fourth-order valence-corrected chi connectivity index (χ4v) is 6.75. The van der Waals surface area contributed by atoms with E-state index in [1.165, 1.54) is 116 Å².